The standard InChI is InChI=1S/C15H18ClFN4S/c16-13-8-12(17)7-6-11(13)9-22-15-20-19-14(21(15)18)10-4-2-1-3-5-10/h6-8,10H,1-5,9,18H2. The molecule has 1 aromatic carbocycles. The fourth-order valence-electron chi connectivity index (χ4n) is 2.81. The van der Waals surface area contributed by atoms with Crippen molar-refractivity contribution in [2.24, 2.45) is 0 Å². The molecule has 2 aromatic rings. The third-order valence-corrected chi connectivity index (χ3v) is 5.38. The summed E-state index contributed by atoms with van der Waals surface area (Å²) in [5.74, 6) is 7.67. The zero-order chi connectivity index (χ0) is 15.5. The van der Waals surface area contributed by atoms with Gasteiger partial charge in [0.15, 0.2) is 5.82 Å². The third kappa shape index (κ3) is 3.38. The normalized spacial score (nSPS) is 16.1. The van der Waals surface area contributed by atoms with Gasteiger partial charge in [-0.3, -0.25) is 0 Å². The van der Waals surface area contributed by atoms with E-state index in [1.165, 1.54) is 43.2 Å². The molecule has 7 heteroatoms. The van der Waals surface area contributed by atoms with Crippen LogP contribution in [-0.2, 0) is 5.75 Å². The summed E-state index contributed by atoms with van der Waals surface area (Å²) < 4.78 is 14.6. The third-order valence-electron chi connectivity index (χ3n) is 4.03. The van der Waals surface area contributed by atoms with Crippen molar-refractivity contribution in [2.75, 3.05) is 5.84 Å². The van der Waals surface area contributed by atoms with E-state index in [0.717, 1.165) is 24.2 Å². The summed E-state index contributed by atoms with van der Waals surface area (Å²) in [5, 5.41) is 9.54. The van der Waals surface area contributed by atoms with Crippen molar-refractivity contribution in [1.82, 2.24) is 14.9 Å². The Balaban J connectivity index is 1.69. The lowest BCUT2D eigenvalue weighted by atomic mass is 9.89. The van der Waals surface area contributed by atoms with E-state index >= 15 is 0 Å². The number of rotatable bonds is 4. The number of aromatic nitrogens is 3. The lowest BCUT2D eigenvalue weighted by molar-refractivity contribution is 0.421. The van der Waals surface area contributed by atoms with E-state index in [9.17, 15) is 4.39 Å². The molecule has 118 valence electrons. The lowest BCUT2D eigenvalue weighted by Gasteiger charge is -2.20. The molecule has 0 amide bonds. The Morgan fingerprint density at radius 3 is 2.77 bits per heavy atom. The first-order valence-electron chi connectivity index (χ1n) is 7.42. The Morgan fingerprint density at radius 2 is 2.05 bits per heavy atom. The number of halogens is 2. The molecule has 1 saturated carbocycles. The zero-order valence-electron chi connectivity index (χ0n) is 12.1. The SMILES string of the molecule is Nn1c(SCc2ccc(F)cc2Cl)nnc1C1CCCCC1. The molecule has 0 unspecified atom stereocenters. The maximum Gasteiger partial charge on any atom is 0.210 e. The van der Waals surface area contributed by atoms with E-state index in [-0.39, 0.29) is 5.82 Å². The van der Waals surface area contributed by atoms with E-state index < -0.39 is 0 Å². The first-order chi connectivity index (χ1) is 10.6. The van der Waals surface area contributed by atoms with Crippen molar-refractivity contribution < 1.29 is 4.39 Å². The molecule has 4 nitrogen and oxygen atoms in total. The first kappa shape index (κ1) is 15.6. The first-order valence-corrected chi connectivity index (χ1v) is 8.78. The lowest BCUT2D eigenvalue weighted by Crippen LogP contribution is -2.18. The van der Waals surface area contributed by atoms with Crippen LogP contribution in [-0.4, -0.2) is 14.9 Å². The van der Waals surface area contributed by atoms with Gasteiger partial charge in [0.1, 0.15) is 5.82 Å². The summed E-state index contributed by atoms with van der Waals surface area (Å²) in [6.07, 6.45) is 6.00. The van der Waals surface area contributed by atoms with Crippen LogP contribution in [0.2, 0.25) is 5.02 Å². The topological polar surface area (TPSA) is 56.7 Å². The van der Waals surface area contributed by atoms with Gasteiger partial charge in [-0.2, -0.15) is 0 Å². The van der Waals surface area contributed by atoms with Crippen LogP contribution < -0.4 is 5.84 Å². The van der Waals surface area contributed by atoms with Gasteiger partial charge < -0.3 is 5.84 Å². The number of thioether (sulfide) groups is 1. The molecule has 0 radical (unpaired) electrons. The molecular weight excluding hydrogens is 323 g/mol. The number of hydrogen-bond donors (Lipinski definition) is 1. The largest absolute Gasteiger partial charge is 0.336 e. The van der Waals surface area contributed by atoms with Crippen LogP contribution in [0.1, 0.15) is 49.4 Å². The molecule has 0 bridgehead atoms. The minimum atomic E-state index is -0.333. The van der Waals surface area contributed by atoms with Crippen LogP contribution in [0, 0.1) is 5.82 Å². The highest BCUT2D eigenvalue weighted by Crippen LogP contribution is 2.33. The average Bonchev–Trinajstić information content (AvgIpc) is 2.88. The molecule has 0 aliphatic heterocycles. The van der Waals surface area contributed by atoms with Crippen LogP contribution in [0.15, 0.2) is 23.4 Å². The van der Waals surface area contributed by atoms with E-state index in [1.807, 2.05) is 0 Å². The summed E-state index contributed by atoms with van der Waals surface area (Å²) in [4.78, 5) is 0. The van der Waals surface area contributed by atoms with Crippen molar-refractivity contribution in [3.63, 3.8) is 0 Å². The summed E-state index contributed by atoms with van der Waals surface area (Å²) in [6, 6.07) is 4.41. The second-order valence-electron chi connectivity index (χ2n) is 5.57. The Hall–Kier alpha value is -1.27. The molecule has 1 aliphatic carbocycles. The van der Waals surface area contributed by atoms with Crippen molar-refractivity contribution in [3.8, 4) is 0 Å². The van der Waals surface area contributed by atoms with E-state index in [1.54, 1.807) is 10.7 Å². The van der Waals surface area contributed by atoms with Crippen LogP contribution in [0.5, 0.6) is 0 Å². The number of nitrogens with two attached hydrogens (primary N) is 1. The number of hydrogen-bond acceptors (Lipinski definition) is 4. The van der Waals surface area contributed by atoms with Gasteiger partial charge in [0, 0.05) is 16.7 Å². The smallest absolute Gasteiger partial charge is 0.210 e. The molecule has 1 aliphatic rings. The van der Waals surface area contributed by atoms with Crippen molar-refractivity contribution >= 4 is 23.4 Å². The van der Waals surface area contributed by atoms with Gasteiger partial charge in [0.2, 0.25) is 5.16 Å². The number of nitrogen functional groups attached to an aromatic ring is 1. The van der Waals surface area contributed by atoms with Crippen molar-refractivity contribution in [1.29, 1.82) is 0 Å². The Morgan fingerprint density at radius 1 is 1.27 bits per heavy atom. The minimum Gasteiger partial charge on any atom is -0.336 e. The predicted octanol–water partition coefficient (Wildman–Crippen LogP) is 4.12. The van der Waals surface area contributed by atoms with Crippen LogP contribution >= 0.6 is 23.4 Å². The number of nitrogens with zero attached hydrogens (tertiary/aromatic N) is 3. The van der Waals surface area contributed by atoms with Gasteiger partial charge >= 0.3 is 0 Å². The highest BCUT2D eigenvalue weighted by Gasteiger charge is 2.22. The Kier molecular flexibility index (Phi) is 4.88. The summed E-state index contributed by atoms with van der Waals surface area (Å²) in [6.45, 7) is 0. The van der Waals surface area contributed by atoms with Gasteiger partial charge in [0.05, 0.1) is 0 Å². The van der Waals surface area contributed by atoms with Gasteiger partial charge in [-0.15, -0.1) is 10.2 Å². The summed E-state index contributed by atoms with van der Waals surface area (Å²) in [5.41, 5.74) is 0.857. The van der Waals surface area contributed by atoms with Gasteiger partial charge in [-0.05, 0) is 30.5 Å². The predicted molar refractivity (Wildman–Crippen MR) is 87.0 cm³/mol. The van der Waals surface area contributed by atoms with Crippen LogP contribution in [0.25, 0.3) is 0 Å². The molecule has 0 atom stereocenters. The molecule has 0 saturated heterocycles. The molecule has 3 rings (SSSR count). The molecule has 1 fully saturated rings. The van der Waals surface area contributed by atoms with E-state index in [0.29, 0.717) is 21.8 Å². The van der Waals surface area contributed by atoms with Crippen molar-refractivity contribution in [2.45, 2.75) is 48.9 Å². The maximum absolute atomic E-state index is 13.0. The second-order valence-corrected chi connectivity index (χ2v) is 6.92. The zero-order valence-corrected chi connectivity index (χ0v) is 13.7. The van der Waals surface area contributed by atoms with Gasteiger partial charge in [-0.1, -0.05) is 48.7 Å². The summed E-state index contributed by atoms with van der Waals surface area (Å²) in [7, 11) is 0. The van der Waals surface area contributed by atoms with E-state index in [4.69, 9.17) is 17.4 Å². The van der Waals surface area contributed by atoms with Crippen LogP contribution in [0.3, 0.4) is 0 Å². The monoisotopic (exact) mass is 340 g/mol. The summed E-state index contributed by atoms with van der Waals surface area (Å²) >= 11 is 7.50. The highest BCUT2D eigenvalue weighted by atomic mass is 35.5. The quantitative estimate of drug-likeness (QED) is 0.671. The van der Waals surface area contributed by atoms with Gasteiger partial charge in [-0.25, -0.2) is 9.07 Å². The van der Waals surface area contributed by atoms with Crippen LogP contribution in [0.4, 0.5) is 4.39 Å². The fourth-order valence-corrected chi connectivity index (χ4v) is 3.99. The Labute approximate surface area is 138 Å². The molecule has 1 aromatic heterocycles. The van der Waals surface area contributed by atoms with Gasteiger partial charge in [0.25, 0.3) is 0 Å². The molecule has 0 spiro atoms. The average molecular weight is 341 g/mol. The minimum absolute atomic E-state index is 0.333. The van der Waals surface area contributed by atoms with E-state index in [2.05, 4.69) is 10.2 Å². The Bertz CT molecular complexity index is 655. The second kappa shape index (κ2) is 6.87. The molecule has 22 heavy (non-hydrogen) atoms. The molecule has 1 heterocycles. The number of benzene rings is 1. The maximum atomic E-state index is 13.0. The molecular formula is C15H18ClFN4S. The fraction of sp³-hybridized carbons (Fsp3) is 0.467. The molecule has 2 N–H and O–H groups in total. The highest BCUT2D eigenvalue weighted by molar-refractivity contribution is 7.98. The van der Waals surface area contributed by atoms with Crippen molar-refractivity contribution in [3.05, 3.63) is 40.4 Å².